The third-order valence-corrected chi connectivity index (χ3v) is 5.11. The van der Waals surface area contributed by atoms with Crippen LogP contribution in [-0.4, -0.2) is 49.1 Å². The van der Waals surface area contributed by atoms with Crippen LogP contribution in [0.15, 0.2) is 47.8 Å². The topological polar surface area (TPSA) is 128 Å². The predicted molar refractivity (Wildman–Crippen MR) is 101 cm³/mol. The number of hydrogen-bond acceptors (Lipinski definition) is 7. The molecule has 0 atom stereocenters. The molecule has 3 heterocycles. The van der Waals surface area contributed by atoms with Crippen LogP contribution in [0, 0.1) is 0 Å². The first kappa shape index (κ1) is 18.7. The van der Waals surface area contributed by atoms with Gasteiger partial charge in [0.15, 0.2) is 17.2 Å². The molecular weight excluding hydrogens is 400 g/mol. The lowest BCUT2D eigenvalue weighted by Crippen LogP contribution is -2.41. The van der Waals surface area contributed by atoms with Gasteiger partial charge in [0.1, 0.15) is 13.2 Å². The fourth-order valence-electron chi connectivity index (χ4n) is 2.87. The summed E-state index contributed by atoms with van der Waals surface area (Å²) in [6.45, 7) is 0.813. The number of sulfone groups is 1. The van der Waals surface area contributed by atoms with E-state index in [1.165, 1.54) is 22.7 Å². The van der Waals surface area contributed by atoms with Crippen molar-refractivity contribution in [1.82, 2.24) is 20.2 Å². The number of benzene rings is 1. The van der Waals surface area contributed by atoms with E-state index in [2.05, 4.69) is 15.8 Å². The minimum atomic E-state index is -3.67. The van der Waals surface area contributed by atoms with Crippen molar-refractivity contribution < 1.29 is 27.5 Å². The van der Waals surface area contributed by atoms with E-state index in [0.717, 1.165) is 6.26 Å². The molecule has 2 aromatic heterocycles. The Morgan fingerprint density at radius 1 is 1.03 bits per heavy atom. The molecule has 10 nitrogen and oxygen atoms in total. The van der Waals surface area contributed by atoms with E-state index in [-0.39, 0.29) is 16.4 Å². The van der Waals surface area contributed by atoms with Crippen molar-refractivity contribution >= 4 is 27.2 Å². The van der Waals surface area contributed by atoms with E-state index >= 15 is 0 Å². The average molecular weight is 416 g/mol. The number of pyridine rings is 1. The average Bonchev–Trinajstić information content (AvgIpc) is 3.11. The van der Waals surface area contributed by atoms with Gasteiger partial charge in [0, 0.05) is 18.0 Å². The summed E-state index contributed by atoms with van der Waals surface area (Å²) in [6.07, 6.45) is 2.49. The van der Waals surface area contributed by atoms with Crippen molar-refractivity contribution in [3.05, 3.63) is 53.9 Å². The number of carbonyl (C=O) groups excluding carboxylic acids is 2. The van der Waals surface area contributed by atoms with Crippen molar-refractivity contribution in [3.63, 3.8) is 0 Å². The lowest BCUT2D eigenvalue weighted by molar-refractivity contribution is 0.0844. The summed E-state index contributed by atoms with van der Waals surface area (Å²) in [4.78, 5) is 28.8. The van der Waals surface area contributed by atoms with Crippen LogP contribution >= 0.6 is 0 Å². The van der Waals surface area contributed by atoms with Crippen LogP contribution in [0.2, 0.25) is 0 Å². The summed E-state index contributed by atoms with van der Waals surface area (Å²) in [5.41, 5.74) is 4.95. The molecule has 2 amide bonds. The minimum Gasteiger partial charge on any atom is -0.486 e. The van der Waals surface area contributed by atoms with Crippen LogP contribution in [0.25, 0.3) is 5.52 Å². The van der Waals surface area contributed by atoms with Gasteiger partial charge in [-0.15, -0.1) is 0 Å². The van der Waals surface area contributed by atoms with Gasteiger partial charge >= 0.3 is 0 Å². The molecule has 0 fully saturated rings. The van der Waals surface area contributed by atoms with Gasteiger partial charge < -0.3 is 9.47 Å². The molecule has 1 aliphatic heterocycles. The summed E-state index contributed by atoms with van der Waals surface area (Å²) in [7, 11) is -3.67. The number of ether oxygens (including phenoxy) is 2. The van der Waals surface area contributed by atoms with Crippen molar-refractivity contribution in [2.24, 2.45) is 0 Å². The van der Waals surface area contributed by atoms with Gasteiger partial charge in [-0.05, 0) is 30.3 Å². The molecular formula is C18H16N4O6S. The third kappa shape index (κ3) is 3.59. The van der Waals surface area contributed by atoms with Crippen molar-refractivity contribution in [2.75, 3.05) is 19.5 Å². The Bertz CT molecular complexity index is 1230. The Kier molecular flexibility index (Phi) is 4.59. The Hall–Kier alpha value is -3.60. The first-order valence-electron chi connectivity index (χ1n) is 8.52. The highest BCUT2D eigenvalue weighted by atomic mass is 32.2. The number of hydrogen-bond donors (Lipinski definition) is 2. The van der Waals surface area contributed by atoms with Gasteiger partial charge in [-0.2, -0.15) is 0 Å². The quantitative estimate of drug-likeness (QED) is 0.598. The smallest absolute Gasteiger partial charge is 0.290 e. The SMILES string of the molecule is CS(=O)(=O)c1nc(C(=O)NNC(=O)c2ccc3c(c2)OCCO3)c2ccccn12. The normalized spacial score (nSPS) is 13.1. The number of aromatic nitrogens is 2. The number of nitrogens with zero attached hydrogens (tertiary/aromatic N) is 2. The number of hydrazine groups is 1. The molecule has 0 spiro atoms. The summed E-state index contributed by atoms with van der Waals surface area (Å²) < 4.78 is 36.0. The van der Waals surface area contributed by atoms with E-state index in [1.807, 2.05) is 0 Å². The highest BCUT2D eigenvalue weighted by Gasteiger charge is 2.23. The van der Waals surface area contributed by atoms with Gasteiger partial charge in [0.2, 0.25) is 15.0 Å². The van der Waals surface area contributed by atoms with Crippen LogP contribution in [-0.2, 0) is 9.84 Å². The highest BCUT2D eigenvalue weighted by molar-refractivity contribution is 7.90. The van der Waals surface area contributed by atoms with Crippen molar-refractivity contribution in [1.29, 1.82) is 0 Å². The molecule has 150 valence electrons. The standard InChI is InChI=1S/C18H16N4O6S/c1-29(25,26)18-19-15(12-4-2-3-7-22(12)18)17(24)21-20-16(23)11-5-6-13-14(10-11)28-9-8-27-13/h2-7,10H,8-9H2,1H3,(H,20,23)(H,21,24). The molecule has 0 saturated carbocycles. The number of imidazole rings is 1. The first-order chi connectivity index (χ1) is 13.8. The molecule has 11 heteroatoms. The second-order valence-electron chi connectivity index (χ2n) is 6.24. The first-order valence-corrected chi connectivity index (χ1v) is 10.4. The van der Waals surface area contributed by atoms with E-state index in [1.54, 1.807) is 24.3 Å². The van der Waals surface area contributed by atoms with Gasteiger partial charge in [0.25, 0.3) is 11.8 Å². The lowest BCUT2D eigenvalue weighted by Gasteiger charge is -2.18. The maximum Gasteiger partial charge on any atom is 0.290 e. The monoisotopic (exact) mass is 416 g/mol. The third-order valence-electron chi connectivity index (χ3n) is 4.16. The van der Waals surface area contributed by atoms with Gasteiger partial charge in [-0.1, -0.05) is 6.07 Å². The molecule has 0 aliphatic carbocycles. The van der Waals surface area contributed by atoms with Crippen molar-refractivity contribution in [3.8, 4) is 11.5 Å². The zero-order valence-corrected chi connectivity index (χ0v) is 16.0. The highest BCUT2D eigenvalue weighted by Crippen LogP contribution is 2.30. The second kappa shape index (κ2) is 7.09. The maximum absolute atomic E-state index is 12.5. The van der Waals surface area contributed by atoms with E-state index in [4.69, 9.17) is 9.47 Å². The van der Waals surface area contributed by atoms with Gasteiger partial charge in [0.05, 0.1) is 5.52 Å². The number of nitrogens with one attached hydrogen (secondary N) is 2. The van der Waals surface area contributed by atoms with Gasteiger partial charge in [-0.3, -0.25) is 24.8 Å². The van der Waals surface area contributed by atoms with Crippen molar-refractivity contribution in [2.45, 2.75) is 5.16 Å². The Labute approximate surface area is 165 Å². The zero-order chi connectivity index (χ0) is 20.6. The van der Waals surface area contributed by atoms with E-state index < -0.39 is 21.7 Å². The molecule has 1 aromatic carbocycles. The molecule has 0 unspecified atom stereocenters. The van der Waals surface area contributed by atoms with Gasteiger partial charge in [-0.25, -0.2) is 13.4 Å². The summed E-state index contributed by atoms with van der Waals surface area (Å²) in [5.74, 6) is -0.362. The predicted octanol–water partition coefficient (Wildman–Crippen LogP) is 0.584. The number of amides is 2. The molecule has 2 N–H and O–H groups in total. The molecule has 0 bridgehead atoms. The fourth-order valence-corrected chi connectivity index (χ4v) is 3.64. The molecule has 1 aliphatic rings. The fraction of sp³-hybridized carbons (Fsp3) is 0.167. The molecule has 0 saturated heterocycles. The maximum atomic E-state index is 12.5. The lowest BCUT2D eigenvalue weighted by atomic mass is 10.2. The minimum absolute atomic E-state index is 0.131. The van der Waals surface area contributed by atoms with E-state index in [0.29, 0.717) is 30.2 Å². The van der Waals surface area contributed by atoms with Crippen LogP contribution in [0.4, 0.5) is 0 Å². The summed E-state index contributed by atoms with van der Waals surface area (Å²) in [6, 6.07) is 9.46. The molecule has 3 aromatic rings. The summed E-state index contributed by atoms with van der Waals surface area (Å²) >= 11 is 0. The molecule has 4 rings (SSSR count). The number of carbonyl (C=O) groups is 2. The molecule has 29 heavy (non-hydrogen) atoms. The Balaban J connectivity index is 1.54. The Morgan fingerprint density at radius 3 is 2.52 bits per heavy atom. The van der Waals surface area contributed by atoms with E-state index in [9.17, 15) is 18.0 Å². The molecule has 0 radical (unpaired) electrons. The Morgan fingerprint density at radius 2 is 1.76 bits per heavy atom. The largest absolute Gasteiger partial charge is 0.486 e. The zero-order valence-electron chi connectivity index (χ0n) is 15.2. The number of fused-ring (bicyclic) bond motifs is 2. The van der Waals surface area contributed by atoms with Crippen LogP contribution < -0.4 is 20.3 Å². The van der Waals surface area contributed by atoms with Crippen LogP contribution in [0.1, 0.15) is 20.8 Å². The number of rotatable bonds is 3. The van der Waals surface area contributed by atoms with Crippen LogP contribution in [0.5, 0.6) is 11.5 Å². The summed E-state index contributed by atoms with van der Waals surface area (Å²) in [5, 5.41) is -0.267. The van der Waals surface area contributed by atoms with Crippen LogP contribution in [0.3, 0.4) is 0 Å². The second-order valence-corrected chi connectivity index (χ2v) is 8.15.